The second kappa shape index (κ2) is 8.11. The summed E-state index contributed by atoms with van der Waals surface area (Å²) in [5, 5.41) is 20.1. The molecule has 0 radical (unpaired) electrons. The number of aromatic nitrogens is 2. The molecule has 0 unspecified atom stereocenters. The molecule has 24 heavy (non-hydrogen) atoms. The summed E-state index contributed by atoms with van der Waals surface area (Å²) in [6.07, 6.45) is 2.15. The van der Waals surface area contributed by atoms with Crippen LogP contribution >= 0.6 is 0 Å². The van der Waals surface area contributed by atoms with Crippen LogP contribution in [0.2, 0.25) is 0 Å². The topological polar surface area (TPSA) is 91.1 Å². The van der Waals surface area contributed by atoms with Crippen molar-refractivity contribution in [1.29, 1.82) is 5.41 Å². The minimum absolute atomic E-state index is 0.143. The Kier molecular flexibility index (Phi) is 5.91. The summed E-state index contributed by atoms with van der Waals surface area (Å²) in [6.45, 7) is 0.342. The van der Waals surface area contributed by atoms with E-state index in [1.807, 2.05) is 0 Å². The summed E-state index contributed by atoms with van der Waals surface area (Å²) in [6, 6.07) is 6.31. The predicted molar refractivity (Wildman–Crippen MR) is 83.7 cm³/mol. The van der Waals surface area contributed by atoms with Crippen molar-refractivity contribution in [3.05, 3.63) is 65.3 Å². The van der Waals surface area contributed by atoms with E-state index in [9.17, 15) is 13.9 Å². The second-order valence-corrected chi connectivity index (χ2v) is 4.83. The molecule has 8 heteroatoms. The minimum atomic E-state index is -0.967. The van der Waals surface area contributed by atoms with E-state index in [4.69, 9.17) is 10.1 Å². The first-order valence-electron chi connectivity index (χ1n) is 6.98. The Bertz CT molecular complexity index is 765. The zero-order valence-electron chi connectivity index (χ0n) is 12.9. The van der Waals surface area contributed by atoms with Crippen LogP contribution in [0, 0.1) is 17.0 Å². The highest BCUT2D eigenvalue weighted by Gasteiger charge is 2.10. The van der Waals surface area contributed by atoms with Crippen molar-refractivity contribution < 1.29 is 18.6 Å². The van der Waals surface area contributed by atoms with Crippen molar-refractivity contribution in [3.8, 4) is 5.88 Å². The number of benzene rings is 1. The number of hydrogen-bond acceptors (Lipinski definition) is 6. The number of rotatable bonds is 7. The molecule has 2 aromatic rings. The van der Waals surface area contributed by atoms with Gasteiger partial charge >= 0.3 is 0 Å². The van der Waals surface area contributed by atoms with Gasteiger partial charge in [-0.15, -0.1) is 0 Å². The maximum Gasteiger partial charge on any atom is 0.251 e. The van der Waals surface area contributed by atoms with E-state index in [-0.39, 0.29) is 30.5 Å². The maximum absolute atomic E-state index is 13.6. The highest BCUT2D eigenvalue weighted by Crippen LogP contribution is 2.11. The summed E-state index contributed by atoms with van der Waals surface area (Å²) in [4.78, 5) is 7.13. The molecular formula is C16H16F2N4O2. The fourth-order valence-electron chi connectivity index (χ4n) is 1.88. The molecule has 0 amide bonds. The minimum Gasteiger partial charge on any atom is -0.491 e. The molecule has 0 aliphatic carbocycles. The molecule has 0 spiro atoms. The number of aromatic hydroxyl groups is 1. The van der Waals surface area contributed by atoms with Crippen molar-refractivity contribution in [2.75, 3.05) is 13.7 Å². The Balaban J connectivity index is 2.13. The average Bonchev–Trinajstić information content (AvgIpc) is 2.56. The van der Waals surface area contributed by atoms with Gasteiger partial charge in [0.2, 0.25) is 5.82 Å². The molecule has 0 atom stereocenters. The zero-order valence-corrected chi connectivity index (χ0v) is 12.9. The molecule has 1 heterocycles. The summed E-state index contributed by atoms with van der Waals surface area (Å²) in [5.74, 6) is -2.28. The van der Waals surface area contributed by atoms with E-state index in [0.29, 0.717) is 11.3 Å². The van der Waals surface area contributed by atoms with Gasteiger partial charge in [0.15, 0.2) is 5.82 Å². The van der Waals surface area contributed by atoms with E-state index in [1.54, 1.807) is 18.2 Å². The molecule has 0 bridgehead atoms. The lowest BCUT2D eigenvalue weighted by atomic mass is 10.2. The fourth-order valence-corrected chi connectivity index (χ4v) is 1.88. The number of methoxy groups -OCH3 is 1. The van der Waals surface area contributed by atoms with Crippen LogP contribution in [0.25, 0.3) is 0 Å². The molecular weight excluding hydrogens is 318 g/mol. The lowest BCUT2D eigenvalue weighted by molar-refractivity contribution is 0.220. The number of nitrogens with zero attached hydrogens (tertiary/aromatic N) is 2. The van der Waals surface area contributed by atoms with Gasteiger partial charge in [-0.3, -0.25) is 5.41 Å². The summed E-state index contributed by atoms with van der Waals surface area (Å²) in [7, 11) is 1.47. The Labute approximate surface area is 137 Å². The van der Waals surface area contributed by atoms with Crippen molar-refractivity contribution in [1.82, 2.24) is 15.3 Å². The summed E-state index contributed by atoms with van der Waals surface area (Å²) in [5.41, 5.74) is 0.790. The van der Waals surface area contributed by atoms with Gasteiger partial charge in [0.05, 0.1) is 12.8 Å². The van der Waals surface area contributed by atoms with Gasteiger partial charge in [0.1, 0.15) is 11.5 Å². The molecule has 2 rings (SSSR count). The van der Waals surface area contributed by atoms with Crippen LogP contribution in [0.4, 0.5) is 8.78 Å². The average molecular weight is 334 g/mol. The molecule has 0 aliphatic rings. The van der Waals surface area contributed by atoms with Crippen LogP contribution in [-0.2, 0) is 11.3 Å². The highest BCUT2D eigenvalue weighted by molar-refractivity contribution is 6.04. The highest BCUT2D eigenvalue weighted by atomic mass is 19.1. The molecule has 0 saturated heterocycles. The third-order valence-corrected chi connectivity index (χ3v) is 3.05. The number of halogens is 2. The van der Waals surface area contributed by atoms with E-state index in [0.717, 1.165) is 6.20 Å². The maximum atomic E-state index is 13.6. The van der Waals surface area contributed by atoms with Crippen molar-refractivity contribution >= 4 is 5.71 Å². The number of ether oxygens (including phenoxy) is 1. The third-order valence-electron chi connectivity index (χ3n) is 3.05. The van der Waals surface area contributed by atoms with Crippen LogP contribution in [-0.4, -0.2) is 34.5 Å². The van der Waals surface area contributed by atoms with Gasteiger partial charge < -0.3 is 15.2 Å². The Hall–Kier alpha value is -2.87. The molecule has 0 fully saturated rings. The first-order valence-corrected chi connectivity index (χ1v) is 6.98. The summed E-state index contributed by atoms with van der Waals surface area (Å²) < 4.78 is 31.6. The Morgan fingerprint density at radius 2 is 2.08 bits per heavy atom. The zero-order chi connectivity index (χ0) is 17.5. The van der Waals surface area contributed by atoms with Crippen LogP contribution in [0.3, 0.4) is 0 Å². The van der Waals surface area contributed by atoms with E-state index in [2.05, 4.69) is 15.3 Å². The number of hydrogen-bond donors (Lipinski definition) is 3. The van der Waals surface area contributed by atoms with E-state index >= 15 is 0 Å². The van der Waals surface area contributed by atoms with Gasteiger partial charge in [-0.1, -0.05) is 18.2 Å². The van der Waals surface area contributed by atoms with Gasteiger partial charge in [-0.25, -0.2) is 9.37 Å². The third kappa shape index (κ3) is 4.56. The molecule has 3 N–H and O–H groups in total. The van der Waals surface area contributed by atoms with Crippen LogP contribution in [0.15, 0.2) is 42.2 Å². The number of allylic oxidation sites excluding steroid dienone is 1. The standard InChI is InChI=1S/C16H16F2N4O2/c1-24-9-11(20-7-10-4-2-3-5-12(10)17)6-14(19)15-21-8-13(18)16(23)22-15/h2-6,8,19-20H,7,9H2,1H3,(H,21,22,23)/b11-6-,19-14?. The van der Waals surface area contributed by atoms with E-state index < -0.39 is 11.7 Å². The smallest absolute Gasteiger partial charge is 0.251 e. The monoisotopic (exact) mass is 334 g/mol. The molecule has 126 valence electrons. The number of nitrogens with one attached hydrogen (secondary N) is 2. The second-order valence-electron chi connectivity index (χ2n) is 4.83. The molecule has 6 nitrogen and oxygen atoms in total. The van der Waals surface area contributed by atoms with E-state index in [1.165, 1.54) is 19.3 Å². The molecule has 0 aliphatic heterocycles. The SMILES string of the molecule is COC/C(=C/C(=N)c1ncc(F)c(O)n1)NCc1ccccc1F. The first-order chi connectivity index (χ1) is 11.5. The van der Waals surface area contributed by atoms with Crippen molar-refractivity contribution in [2.45, 2.75) is 6.54 Å². The molecule has 1 aromatic carbocycles. The van der Waals surface area contributed by atoms with Crippen molar-refractivity contribution in [3.63, 3.8) is 0 Å². The Morgan fingerprint density at radius 1 is 1.33 bits per heavy atom. The predicted octanol–water partition coefficient (Wildman–Crippen LogP) is 2.15. The van der Waals surface area contributed by atoms with Crippen LogP contribution < -0.4 is 5.32 Å². The van der Waals surface area contributed by atoms with Gasteiger partial charge in [-0.05, 0) is 12.1 Å². The van der Waals surface area contributed by atoms with Gasteiger partial charge in [-0.2, -0.15) is 9.37 Å². The quantitative estimate of drug-likeness (QED) is 0.675. The van der Waals surface area contributed by atoms with Crippen molar-refractivity contribution in [2.24, 2.45) is 0 Å². The molecule has 0 saturated carbocycles. The summed E-state index contributed by atoms with van der Waals surface area (Å²) >= 11 is 0. The molecule has 1 aromatic heterocycles. The van der Waals surface area contributed by atoms with Gasteiger partial charge in [0, 0.05) is 24.9 Å². The van der Waals surface area contributed by atoms with Crippen LogP contribution in [0.5, 0.6) is 5.88 Å². The van der Waals surface area contributed by atoms with Crippen LogP contribution in [0.1, 0.15) is 11.4 Å². The lowest BCUT2D eigenvalue weighted by Crippen LogP contribution is -2.19. The normalized spacial score (nSPS) is 11.4. The first kappa shape index (κ1) is 17.5. The van der Waals surface area contributed by atoms with Gasteiger partial charge in [0.25, 0.3) is 5.88 Å². The largest absolute Gasteiger partial charge is 0.491 e. The fraction of sp³-hybridized carbons (Fsp3) is 0.188. The Morgan fingerprint density at radius 3 is 2.75 bits per heavy atom. The lowest BCUT2D eigenvalue weighted by Gasteiger charge is -2.11.